The number of aromatic nitrogens is 1. The van der Waals surface area contributed by atoms with Crippen LogP contribution < -0.4 is 10.2 Å². The van der Waals surface area contributed by atoms with E-state index in [1.165, 1.54) is 0 Å². The zero-order valence-corrected chi connectivity index (χ0v) is 12.2. The summed E-state index contributed by atoms with van der Waals surface area (Å²) in [7, 11) is 0. The van der Waals surface area contributed by atoms with Crippen molar-refractivity contribution < 1.29 is 9.59 Å². The van der Waals surface area contributed by atoms with Gasteiger partial charge in [0.2, 0.25) is 11.8 Å². The van der Waals surface area contributed by atoms with Crippen LogP contribution in [0.3, 0.4) is 0 Å². The Balaban J connectivity index is 1.61. The number of nitrogens with one attached hydrogen (secondary N) is 1. The zero-order valence-electron chi connectivity index (χ0n) is 12.2. The number of hydrogen-bond donors (Lipinski definition) is 1. The van der Waals surface area contributed by atoms with Crippen LogP contribution in [-0.4, -0.2) is 23.3 Å². The molecule has 5 nitrogen and oxygen atoms in total. The van der Waals surface area contributed by atoms with Crippen molar-refractivity contribution in [3.8, 4) is 0 Å². The van der Waals surface area contributed by atoms with Crippen LogP contribution in [0.25, 0.3) is 0 Å². The van der Waals surface area contributed by atoms with E-state index >= 15 is 0 Å². The highest BCUT2D eigenvalue weighted by Gasteiger charge is 2.21. The van der Waals surface area contributed by atoms with Gasteiger partial charge in [0.05, 0.1) is 6.42 Å². The van der Waals surface area contributed by atoms with Gasteiger partial charge in [0, 0.05) is 24.8 Å². The molecular formula is C17H17N3O2. The molecule has 112 valence electrons. The van der Waals surface area contributed by atoms with Crippen LogP contribution in [0.2, 0.25) is 0 Å². The number of hydrogen-bond acceptors (Lipinski definition) is 3. The van der Waals surface area contributed by atoms with Crippen LogP contribution in [0.1, 0.15) is 18.4 Å². The van der Waals surface area contributed by atoms with Crippen molar-refractivity contribution in [2.45, 2.75) is 19.3 Å². The Morgan fingerprint density at radius 3 is 2.64 bits per heavy atom. The number of nitrogens with zero attached hydrogens (tertiary/aromatic N) is 2. The van der Waals surface area contributed by atoms with Gasteiger partial charge in [0.25, 0.3) is 0 Å². The monoisotopic (exact) mass is 295 g/mol. The molecule has 2 heterocycles. The zero-order chi connectivity index (χ0) is 15.4. The molecule has 0 bridgehead atoms. The Hall–Kier alpha value is -2.69. The summed E-state index contributed by atoms with van der Waals surface area (Å²) in [4.78, 5) is 29.5. The van der Waals surface area contributed by atoms with E-state index in [0.29, 0.717) is 12.2 Å². The van der Waals surface area contributed by atoms with Gasteiger partial charge in [-0.25, -0.2) is 4.98 Å². The number of amides is 2. The molecule has 1 saturated heterocycles. The maximum Gasteiger partial charge on any atom is 0.229 e. The molecule has 0 radical (unpaired) electrons. The van der Waals surface area contributed by atoms with Gasteiger partial charge in [-0.2, -0.15) is 0 Å². The van der Waals surface area contributed by atoms with Gasteiger partial charge < -0.3 is 10.2 Å². The van der Waals surface area contributed by atoms with Gasteiger partial charge in [-0.3, -0.25) is 9.59 Å². The van der Waals surface area contributed by atoms with E-state index < -0.39 is 0 Å². The second-order valence-corrected chi connectivity index (χ2v) is 5.26. The lowest BCUT2D eigenvalue weighted by Crippen LogP contribution is -2.23. The largest absolute Gasteiger partial charge is 0.312 e. The summed E-state index contributed by atoms with van der Waals surface area (Å²) in [5.41, 5.74) is 1.81. The molecule has 5 heteroatoms. The number of rotatable bonds is 4. The fourth-order valence-electron chi connectivity index (χ4n) is 2.52. The molecule has 0 unspecified atom stereocenters. The lowest BCUT2D eigenvalue weighted by Gasteiger charge is -2.15. The topological polar surface area (TPSA) is 62.3 Å². The molecular weight excluding hydrogens is 278 g/mol. The fraction of sp³-hybridized carbons (Fsp3) is 0.235. The molecule has 1 fully saturated rings. The Labute approximate surface area is 129 Å². The molecule has 1 aromatic heterocycles. The van der Waals surface area contributed by atoms with Crippen molar-refractivity contribution in [3.05, 3.63) is 54.2 Å². The lowest BCUT2D eigenvalue weighted by molar-refractivity contribution is -0.117. The molecule has 22 heavy (non-hydrogen) atoms. The highest BCUT2D eigenvalue weighted by Crippen LogP contribution is 2.21. The summed E-state index contributed by atoms with van der Waals surface area (Å²) in [5, 5.41) is 2.75. The second-order valence-electron chi connectivity index (χ2n) is 5.26. The van der Waals surface area contributed by atoms with Crippen molar-refractivity contribution in [2.75, 3.05) is 16.8 Å². The normalized spacial score (nSPS) is 14.2. The predicted octanol–water partition coefficient (Wildman–Crippen LogP) is 2.39. The van der Waals surface area contributed by atoms with E-state index in [0.717, 1.165) is 24.2 Å². The number of anilines is 2. The SMILES string of the molecule is O=C(Cc1ccc(N2CCCC2=O)cc1)Nc1ccccn1. The molecule has 1 N–H and O–H groups in total. The molecule has 2 amide bonds. The van der Waals surface area contributed by atoms with Crippen molar-refractivity contribution >= 4 is 23.3 Å². The van der Waals surface area contributed by atoms with E-state index in [1.807, 2.05) is 30.3 Å². The van der Waals surface area contributed by atoms with E-state index in [2.05, 4.69) is 10.3 Å². The summed E-state index contributed by atoms with van der Waals surface area (Å²) >= 11 is 0. The summed E-state index contributed by atoms with van der Waals surface area (Å²) in [5.74, 6) is 0.608. The molecule has 0 saturated carbocycles. The average molecular weight is 295 g/mol. The Bertz CT molecular complexity index is 668. The standard InChI is InChI=1S/C17H17N3O2/c21-16(19-15-4-1-2-10-18-15)12-13-6-8-14(9-7-13)20-11-3-5-17(20)22/h1-2,4,6-10H,3,5,11-12H2,(H,18,19,21). The first-order valence-corrected chi connectivity index (χ1v) is 7.32. The number of carbonyl (C=O) groups is 2. The van der Waals surface area contributed by atoms with Crippen LogP contribution in [0.5, 0.6) is 0 Å². The third-order valence-electron chi connectivity index (χ3n) is 3.62. The lowest BCUT2D eigenvalue weighted by atomic mass is 10.1. The molecule has 1 aliphatic rings. The second kappa shape index (κ2) is 6.39. The highest BCUT2D eigenvalue weighted by atomic mass is 16.2. The molecule has 0 spiro atoms. The minimum atomic E-state index is -0.108. The van der Waals surface area contributed by atoms with Crippen LogP contribution in [0.4, 0.5) is 11.5 Å². The molecule has 1 aromatic carbocycles. The van der Waals surface area contributed by atoms with E-state index in [9.17, 15) is 9.59 Å². The molecule has 3 rings (SSSR count). The van der Waals surface area contributed by atoms with Crippen LogP contribution in [-0.2, 0) is 16.0 Å². The van der Waals surface area contributed by atoms with Gasteiger partial charge in [-0.15, -0.1) is 0 Å². The summed E-state index contributed by atoms with van der Waals surface area (Å²) in [6.45, 7) is 0.776. The first-order valence-electron chi connectivity index (χ1n) is 7.32. The van der Waals surface area contributed by atoms with E-state index in [4.69, 9.17) is 0 Å². The quantitative estimate of drug-likeness (QED) is 0.942. The first kappa shape index (κ1) is 14.3. The highest BCUT2D eigenvalue weighted by molar-refractivity contribution is 5.95. The summed E-state index contributed by atoms with van der Waals surface area (Å²) in [6.07, 6.45) is 3.45. The number of pyridine rings is 1. The van der Waals surface area contributed by atoms with E-state index in [-0.39, 0.29) is 18.2 Å². The smallest absolute Gasteiger partial charge is 0.229 e. The van der Waals surface area contributed by atoms with Crippen molar-refractivity contribution in [1.82, 2.24) is 4.98 Å². The average Bonchev–Trinajstić information content (AvgIpc) is 2.95. The van der Waals surface area contributed by atoms with Crippen LogP contribution in [0.15, 0.2) is 48.7 Å². The molecule has 2 aromatic rings. The third kappa shape index (κ3) is 3.31. The number of carbonyl (C=O) groups excluding carboxylic acids is 2. The third-order valence-corrected chi connectivity index (χ3v) is 3.62. The predicted molar refractivity (Wildman–Crippen MR) is 84.6 cm³/mol. The summed E-state index contributed by atoms with van der Waals surface area (Å²) < 4.78 is 0. The Morgan fingerprint density at radius 1 is 1.18 bits per heavy atom. The first-order chi connectivity index (χ1) is 10.7. The molecule has 0 atom stereocenters. The van der Waals surface area contributed by atoms with Crippen molar-refractivity contribution in [2.24, 2.45) is 0 Å². The maximum atomic E-state index is 12.0. The Morgan fingerprint density at radius 2 is 2.00 bits per heavy atom. The number of benzene rings is 1. The maximum absolute atomic E-state index is 12.0. The summed E-state index contributed by atoms with van der Waals surface area (Å²) in [6, 6.07) is 12.9. The van der Waals surface area contributed by atoms with Crippen molar-refractivity contribution in [1.29, 1.82) is 0 Å². The fourth-order valence-corrected chi connectivity index (χ4v) is 2.52. The molecule has 0 aliphatic carbocycles. The van der Waals surface area contributed by atoms with Gasteiger partial charge >= 0.3 is 0 Å². The van der Waals surface area contributed by atoms with Crippen molar-refractivity contribution in [3.63, 3.8) is 0 Å². The van der Waals surface area contributed by atoms with Crippen LogP contribution in [0, 0.1) is 0 Å². The van der Waals surface area contributed by atoms with Gasteiger partial charge in [-0.1, -0.05) is 18.2 Å². The van der Waals surface area contributed by atoms with Gasteiger partial charge in [0.1, 0.15) is 5.82 Å². The van der Waals surface area contributed by atoms with E-state index in [1.54, 1.807) is 23.2 Å². The van der Waals surface area contributed by atoms with Gasteiger partial charge in [-0.05, 0) is 36.2 Å². The minimum Gasteiger partial charge on any atom is -0.312 e. The minimum absolute atomic E-state index is 0.108. The molecule has 1 aliphatic heterocycles. The van der Waals surface area contributed by atoms with Gasteiger partial charge in [0.15, 0.2) is 0 Å². The van der Waals surface area contributed by atoms with Crippen LogP contribution >= 0.6 is 0 Å². The Kier molecular flexibility index (Phi) is 4.14.